The van der Waals surface area contributed by atoms with Crippen LogP contribution in [0, 0.1) is 6.92 Å². The largest absolute Gasteiger partial charge is 0.322 e. The molecule has 0 spiro atoms. The second-order valence-electron chi connectivity index (χ2n) is 7.01. The van der Waals surface area contributed by atoms with Gasteiger partial charge in [0, 0.05) is 11.3 Å². The van der Waals surface area contributed by atoms with Crippen LogP contribution in [0.1, 0.15) is 15.9 Å². The summed E-state index contributed by atoms with van der Waals surface area (Å²) in [6, 6.07) is 27.2. The highest BCUT2D eigenvalue weighted by Crippen LogP contribution is 2.22. The predicted octanol–water partition coefficient (Wildman–Crippen LogP) is 5.13. The van der Waals surface area contributed by atoms with E-state index in [1.54, 1.807) is 4.80 Å². The van der Waals surface area contributed by atoms with E-state index >= 15 is 0 Å². The Kier molecular flexibility index (Phi) is 4.06. The number of carbonyl (C=O) groups is 1. The number of hydrogen-bond acceptors (Lipinski definition) is 3. The molecule has 29 heavy (non-hydrogen) atoms. The fraction of sp³-hybridized carbons (Fsp3) is 0.0417. The summed E-state index contributed by atoms with van der Waals surface area (Å²) < 4.78 is 0. The highest BCUT2D eigenvalue weighted by Gasteiger charge is 2.11. The molecule has 0 atom stereocenters. The molecule has 0 bridgehead atoms. The van der Waals surface area contributed by atoms with Crippen LogP contribution in [-0.2, 0) is 0 Å². The molecular formula is C24H18N4O. The van der Waals surface area contributed by atoms with Crippen molar-refractivity contribution in [1.29, 1.82) is 0 Å². The van der Waals surface area contributed by atoms with Crippen LogP contribution in [0.3, 0.4) is 0 Å². The molecule has 1 aromatic heterocycles. The molecular weight excluding hydrogens is 360 g/mol. The Hall–Kier alpha value is -3.99. The zero-order chi connectivity index (χ0) is 19.8. The number of aromatic nitrogens is 3. The first kappa shape index (κ1) is 17.1. The minimum absolute atomic E-state index is 0.146. The molecule has 140 valence electrons. The Labute approximate surface area is 167 Å². The Morgan fingerprint density at radius 3 is 2.45 bits per heavy atom. The van der Waals surface area contributed by atoms with Crippen LogP contribution in [0.2, 0.25) is 0 Å². The van der Waals surface area contributed by atoms with E-state index in [2.05, 4.69) is 15.5 Å². The highest BCUT2D eigenvalue weighted by atomic mass is 16.1. The third kappa shape index (κ3) is 3.23. The van der Waals surface area contributed by atoms with Crippen molar-refractivity contribution in [3.05, 3.63) is 96.1 Å². The maximum atomic E-state index is 12.9. The van der Waals surface area contributed by atoms with Crippen molar-refractivity contribution >= 4 is 33.4 Å². The molecule has 0 aliphatic rings. The lowest BCUT2D eigenvalue weighted by molar-refractivity contribution is 0.102. The molecule has 5 aromatic rings. The van der Waals surface area contributed by atoms with E-state index in [0.717, 1.165) is 27.5 Å². The van der Waals surface area contributed by atoms with E-state index < -0.39 is 0 Å². The highest BCUT2D eigenvalue weighted by molar-refractivity contribution is 6.13. The van der Waals surface area contributed by atoms with Gasteiger partial charge in [-0.05, 0) is 54.1 Å². The summed E-state index contributed by atoms with van der Waals surface area (Å²) in [6.45, 7) is 2.04. The number of fused-ring (bicyclic) bond motifs is 2. The smallest absolute Gasteiger partial charge is 0.256 e. The summed E-state index contributed by atoms with van der Waals surface area (Å²) in [5, 5.41) is 14.0. The quantitative estimate of drug-likeness (QED) is 0.473. The van der Waals surface area contributed by atoms with Gasteiger partial charge in [0.1, 0.15) is 11.0 Å². The predicted molar refractivity (Wildman–Crippen MR) is 116 cm³/mol. The Bertz CT molecular complexity index is 1350. The minimum Gasteiger partial charge on any atom is -0.322 e. The van der Waals surface area contributed by atoms with Crippen LogP contribution in [0.15, 0.2) is 84.9 Å². The number of nitrogens with one attached hydrogen (secondary N) is 1. The van der Waals surface area contributed by atoms with Gasteiger partial charge in [0.15, 0.2) is 0 Å². The SMILES string of the molecule is Cc1ccc(-n2nc3ccc(NC(=O)c4cccc5ccccc45)cc3n2)cc1. The van der Waals surface area contributed by atoms with E-state index in [1.807, 2.05) is 91.9 Å². The lowest BCUT2D eigenvalue weighted by Gasteiger charge is -2.08. The standard InChI is InChI=1S/C24H18N4O/c1-16-9-12-19(13-10-16)28-26-22-14-11-18(15-23(22)27-28)25-24(29)21-8-4-6-17-5-2-3-7-20(17)21/h2-15H,1H3,(H,25,29). The second kappa shape index (κ2) is 6.87. The zero-order valence-corrected chi connectivity index (χ0v) is 15.8. The molecule has 1 N–H and O–H groups in total. The Morgan fingerprint density at radius 1 is 0.828 bits per heavy atom. The number of aryl methyl sites for hydroxylation is 1. The first-order chi connectivity index (χ1) is 14.2. The fourth-order valence-electron chi connectivity index (χ4n) is 3.41. The fourth-order valence-corrected chi connectivity index (χ4v) is 3.41. The monoisotopic (exact) mass is 378 g/mol. The van der Waals surface area contributed by atoms with Crippen molar-refractivity contribution in [1.82, 2.24) is 15.0 Å². The number of carbonyl (C=O) groups excluding carboxylic acids is 1. The van der Waals surface area contributed by atoms with Gasteiger partial charge >= 0.3 is 0 Å². The van der Waals surface area contributed by atoms with Gasteiger partial charge in [0.05, 0.1) is 5.69 Å². The molecule has 0 saturated heterocycles. The van der Waals surface area contributed by atoms with Crippen molar-refractivity contribution in [2.24, 2.45) is 0 Å². The number of amides is 1. The maximum absolute atomic E-state index is 12.9. The molecule has 5 heteroatoms. The van der Waals surface area contributed by atoms with E-state index in [1.165, 1.54) is 5.56 Å². The lowest BCUT2D eigenvalue weighted by atomic mass is 10.0. The summed E-state index contributed by atoms with van der Waals surface area (Å²) in [6.07, 6.45) is 0. The van der Waals surface area contributed by atoms with E-state index in [4.69, 9.17) is 0 Å². The summed E-state index contributed by atoms with van der Waals surface area (Å²) in [5.74, 6) is -0.146. The van der Waals surface area contributed by atoms with Gasteiger partial charge < -0.3 is 5.32 Å². The van der Waals surface area contributed by atoms with Gasteiger partial charge in [0.2, 0.25) is 0 Å². The number of hydrogen-bond donors (Lipinski definition) is 1. The van der Waals surface area contributed by atoms with Crippen LogP contribution in [0.4, 0.5) is 5.69 Å². The zero-order valence-electron chi connectivity index (χ0n) is 15.8. The number of anilines is 1. The van der Waals surface area contributed by atoms with Gasteiger partial charge in [-0.25, -0.2) is 0 Å². The number of benzene rings is 4. The lowest BCUT2D eigenvalue weighted by Crippen LogP contribution is -2.12. The molecule has 4 aromatic carbocycles. The van der Waals surface area contributed by atoms with Gasteiger partial charge in [-0.1, -0.05) is 54.1 Å². The minimum atomic E-state index is -0.146. The molecule has 5 nitrogen and oxygen atoms in total. The van der Waals surface area contributed by atoms with Crippen molar-refractivity contribution in [3.63, 3.8) is 0 Å². The summed E-state index contributed by atoms with van der Waals surface area (Å²) in [4.78, 5) is 14.5. The third-order valence-electron chi connectivity index (χ3n) is 4.94. The van der Waals surface area contributed by atoms with Gasteiger partial charge in [-0.15, -0.1) is 10.2 Å². The van der Waals surface area contributed by atoms with Crippen molar-refractivity contribution in [2.45, 2.75) is 6.92 Å². The molecule has 0 aliphatic carbocycles. The molecule has 0 aliphatic heterocycles. The molecule has 5 rings (SSSR count). The van der Waals surface area contributed by atoms with Crippen molar-refractivity contribution in [3.8, 4) is 5.69 Å². The third-order valence-corrected chi connectivity index (χ3v) is 4.94. The van der Waals surface area contributed by atoms with Gasteiger partial charge in [-0.3, -0.25) is 4.79 Å². The average Bonchev–Trinajstić information content (AvgIpc) is 3.17. The molecule has 0 unspecified atom stereocenters. The van der Waals surface area contributed by atoms with Crippen molar-refractivity contribution in [2.75, 3.05) is 5.32 Å². The second-order valence-corrected chi connectivity index (χ2v) is 7.01. The maximum Gasteiger partial charge on any atom is 0.256 e. The van der Waals surface area contributed by atoms with Gasteiger partial charge in [0.25, 0.3) is 5.91 Å². The molecule has 0 fully saturated rings. The summed E-state index contributed by atoms with van der Waals surface area (Å²) in [5.41, 5.74) is 4.91. The van der Waals surface area contributed by atoms with Gasteiger partial charge in [-0.2, -0.15) is 4.80 Å². The van der Waals surface area contributed by atoms with E-state index in [9.17, 15) is 4.79 Å². The summed E-state index contributed by atoms with van der Waals surface area (Å²) >= 11 is 0. The first-order valence-electron chi connectivity index (χ1n) is 9.41. The molecule has 0 saturated carbocycles. The molecule has 1 amide bonds. The van der Waals surface area contributed by atoms with Crippen LogP contribution in [0.25, 0.3) is 27.5 Å². The number of nitrogens with zero attached hydrogens (tertiary/aromatic N) is 3. The average molecular weight is 378 g/mol. The van der Waals surface area contributed by atoms with Crippen molar-refractivity contribution < 1.29 is 4.79 Å². The van der Waals surface area contributed by atoms with E-state index in [0.29, 0.717) is 11.3 Å². The molecule has 1 heterocycles. The van der Waals surface area contributed by atoms with Crippen LogP contribution < -0.4 is 5.32 Å². The number of rotatable bonds is 3. The van der Waals surface area contributed by atoms with Crippen LogP contribution in [-0.4, -0.2) is 20.9 Å². The summed E-state index contributed by atoms with van der Waals surface area (Å²) in [7, 11) is 0. The normalized spacial score (nSPS) is 11.1. The first-order valence-corrected chi connectivity index (χ1v) is 9.41. The Balaban J connectivity index is 1.46. The Morgan fingerprint density at radius 2 is 1.59 bits per heavy atom. The molecule has 0 radical (unpaired) electrons. The topological polar surface area (TPSA) is 59.8 Å². The van der Waals surface area contributed by atoms with E-state index in [-0.39, 0.29) is 5.91 Å². The van der Waals surface area contributed by atoms with Crippen LogP contribution in [0.5, 0.6) is 0 Å². The van der Waals surface area contributed by atoms with Crippen LogP contribution >= 0.6 is 0 Å².